The van der Waals surface area contributed by atoms with Gasteiger partial charge in [0.1, 0.15) is 6.61 Å². The van der Waals surface area contributed by atoms with Gasteiger partial charge in [-0.1, -0.05) is 30.3 Å². The first kappa shape index (κ1) is 21.3. The molecule has 0 saturated carbocycles. The molecule has 36 heavy (non-hydrogen) atoms. The average Bonchev–Trinajstić information content (AvgIpc) is 3.58. The van der Waals surface area contributed by atoms with Crippen molar-refractivity contribution >= 4 is 10.9 Å². The van der Waals surface area contributed by atoms with E-state index in [-0.39, 0.29) is 0 Å². The van der Waals surface area contributed by atoms with E-state index in [1.165, 1.54) is 33.3 Å². The van der Waals surface area contributed by atoms with Gasteiger partial charge in [-0.15, -0.1) is 0 Å². The lowest BCUT2D eigenvalue weighted by Crippen LogP contribution is -2.39. The Morgan fingerprint density at radius 1 is 1.03 bits per heavy atom. The number of rotatable bonds is 5. The van der Waals surface area contributed by atoms with E-state index in [1.54, 1.807) is 13.3 Å². The molecule has 1 N–H and O–H groups in total. The minimum absolute atomic E-state index is 0.359. The Hall–Kier alpha value is -4.03. The fourth-order valence-corrected chi connectivity index (χ4v) is 5.81. The third-order valence-electron chi connectivity index (χ3n) is 7.65. The van der Waals surface area contributed by atoms with Crippen LogP contribution in [0.1, 0.15) is 34.0 Å². The van der Waals surface area contributed by atoms with E-state index in [1.807, 2.05) is 16.9 Å². The maximum atomic E-state index is 6.28. The first-order valence-electron chi connectivity index (χ1n) is 12.5. The average molecular weight is 477 g/mol. The molecule has 3 aromatic carbocycles. The molecule has 180 valence electrons. The van der Waals surface area contributed by atoms with Crippen molar-refractivity contribution in [2.75, 3.05) is 13.7 Å². The Morgan fingerprint density at radius 2 is 1.92 bits per heavy atom. The summed E-state index contributed by atoms with van der Waals surface area (Å²) in [5, 5.41) is 5.64. The predicted molar refractivity (Wildman–Crippen MR) is 140 cm³/mol. The van der Waals surface area contributed by atoms with E-state index < -0.39 is 0 Å². The SMILES string of the molecule is COc1cc2c(cc1OCc1ccc(-n3cccn3)cc1)CCN1Cc3[nH]c4ccccc4c3CC21. The highest BCUT2D eigenvalue weighted by Gasteiger charge is 2.34. The number of methoxy groups -OCH3 is 1. The molecule has 5 aromatic rings. The van der Waals surface area contributed by atoms with Gasteiger partial charge in [0, 0.05) is 48.1 Å². The zero-order valence-corrected chi connectivity index (χ0v) is 20.3. The van der Waals surface area contributed by atoms with Crippen molar-refractivity contribution < 1.29 is 9.47 Å². The summed E-state index contributed by atoms with van der Waals surface area (Å²) in [6, 6.07) is 23.6. The van der Waals surface area contributed by atoms with Gasteiger partial charge in [0.2, 0.25) is 0 Å². The van der Waals surface area contributed by atoms with Crippen LogP contribution in [0, 0.1) is 0 Å². The van der Waals surface area contributed by atoms with Gasteiger partial charge in [0.25, 0.3) is 0 Å². The second-order valence-corrected chi connectivity index (χ2v) is 9.68. The molecule has 2 aliphatic heterocycles. The smallest absolute Gasteiger partial charge is 0.161 e. The van der Waals surface area contributed by atoms with Crippen molar-refractivity contribution in [3.63, 3.8) is 0 Å². The molecule has 7 rings (SSSR count). The molecule has 1 unspecified atom stereocenters. The third kappa shape index (κ3) is 3.57. The monoisotopic (exact) mass is 476 g/mol. The summed E-state index contributed by atoms with van der Waals surface area (Å²) < 4.78 is 13.9. The topological polar surface area (TPSA) is 55.3 Å². The van der Waals surface area contributed by atoms with E-state index in [4.69, 9.17) is 9.47 Å². The van der Waals surface area contributed by atoms with Crippen LogP contribution < -0.4 is 9.47 Å². The van der Waals surface area contributed by atoms with E-state index in [9.17, 15) is 0 Å². The molecule has 0 aliphatic carbocycles. The molecule has 0 radical (unpaired) electrons. The first-order valence-corrected chi connectivity index (χ1v) is 12.5. The van der Waals surface area contributed by atoms with Crippen molar-refractivity contribution in [1.82, 2.24) is 19.7 Å². The summed E-state index contributed by atoms with van der Waals surface area (Å²) >= 11 is 0. The summed E-state index contributed by atoms with van der Waals surface area (Å²) in [6.45, 7) is 2.50. The number of hydrogen-bond acceptors (Lipinski definition) is 4. The predicted octanol–water partition coefficient (Wildman–Crippen LogP) is 5.60. The molecule has 2 aromatic heterocycles. The highest BCUT2D eigenvalue weighted by Crippen LogP contribution is 2.44. The van der Waals surface area contributed by atoms with Crippen molar-refractivity contribution in [3.05, 3.63) is 107 Å². The molecule has 6 nitrogen and oxygen atoms in total. The molecule has 0 bridgehead atoms. The molecule has 1 atom stereocenters. The number of H-pyrrole nitrogens is 1. The van der Waals surface area contributed by atoms with Gasteiger partial charge in [-0.25, -0.2) is 4.68 Å². The number of nitrogens with zero attached hydrogens (tertiary/aromatic N) is 3. The van der Waals surface area contributed by atoms with Crippen LogP contribution in [0.15, 0.2) is 79.1 Å². The van der Waals surface area contributed by atoms with Gasteiger partial charge in [-0.05, 0) is 71.5 Å². The number of hydrogen-bond donors (Lipinski definition) is 1. The summed E-state index contributed by atoms with van der Waals surface area (Å²) in [6.07, 6.45) is 5.75. The first-order chi connectivity index (χ1) is 17.8. The summed E-state index contributed by atoms with van der Waals surface area (Å²) in [4.78, 5) is 6.26. The summed E-state index contributed by atoms with van der Waals surface area (Å²) in [5.41, 5.74) is 8.93. The van der Waals surface area contributed by atoms with E-state index in [2.05, 4.69) is 75.6 Å². The van der Waals surface area contributed by atoms with E-state index >= 15 is 0 Å². The Morgan fingerprint density at radius 3 is 2.75 bits per heavy atom. The number of fused-ring (bicyclic) bond motifs is 6. The van der Waals surface area contributed by atoms with Gasteiger partial charge < -0.3 is 14.5 Å². The largest absolute Gasteiger partial charge is 0.493 e. The summed E-state index contributed by atoms with van der Waals surface area (Å²) in [5.74, 6) is 1.61. The number of aromatic nitrogens is 3. The van der Waals surface area contributed by atoms with Crippen LogP contribution in [0.4, 0.5) is 0 Å². The van der Waals surface area contributed by atoms with Crippen LogP contribution >= 0.6 is 0 Å². The lowest BCUT2D eigenvalue weighted by molar-refractivity contribution is 0.158. The molecule has 4 heterocycles. The minimum Gasteiger partial charge on any atom is -0.493 e. The highest BCUT2D eigenvalue weighted by molar-refractivity contribution is 5.85. The molecule has 6 heteroatoms. The minimum atomic E-state index is 0.359. The van der Waals surface area contributed by atoms with Gasteiger partial charge in [0.05, 0.1) is 12.8 Å². The normalized spacial score (nSPS) is 16.9. The fraction of sp³-hybridized carbons (Fsp3) is 0.233. The molecule has 0 amide bonds. The number of ether oxygens (including phenoxy) is 2. The Kier molecular flexibility index (Phi) is 5.06. The molecular formula is C30H28N4O2. The van der Waals surface area contributed by atoms with Crippen LogP contribution in [-0.2, 0) is 26.0 Å². The zero-order chi connectivity index (χ0) is 24.1. The van der Waals surface area contributed by atoms with Gasteiger partial charge >= 0.3 is 0 Å². The zero-order valence-electron chi connectivity index (χ0n) is 20.3. The number of nitrogens with one attached hydrogen (secondary N) is 1. The maximum absolute atomic E-state index is 6.28. The van der Waals surface area contributed by atoms with Crippen LogP contribution in [0.25, 0.3) is 16.6 Å². The van der Waals surface area contributed by atoms with Gasteiger partial charge in [0.15, 0.2) is 11.5 Å². The molecule has 0 fully saturated rings. The number of aromatic amines is 1. The summed E-state index contributed by atoms with van der Waals surface area (Å²) in [7, 11) is 1.73. The molecule has 0 spiro atoms. The lowest BCUT2D eigenvalue weighted by atomic mass is 9.85. The Balaban J connectivity index is 1.14. The van der Waals surface area contributed by atoms with Gasteiger partial charge in [-0.2, -0.15) is 5.10 Å². The lowest BCUT2D eigenvalue weighted by Gasteiger charge is -2.40. The second-order valence-electron chi connectivity index (χ2n) is 9.68. The fourth-order valence-electron chi connectivity index (χ4n) is 5.81. The van der Waals surface area contributed by atoms with Crippen LogP contribution in [0.2, 0.25) is 0 Å². The van der Waals surface area contributed by atoms with E-state index in [0.29, 0.717) is 12.6 Å². The molecular weight excluding hydrogens is 448 g/mol. The van der Waals surface area contributed by atoms with Crippen molar-refractivity contribution in [1.29, 1.82) is 0 Å². The highest BCUT2D eigenvalue weighted by atomic mass is 16.5. The maximum Gasteiger partial charge on any atom is 0.161 e. The quantitative estimate of drug-likeness (QED) is 0.359. The van der Waals surface area contributed by atoms with Crippen LogP contribution in [0.5, 0.6) is 11.5 Å². The van der Waals surface area contributed by atoms with Crippen molar-refractivity contribution in [3.8, 4) is 17.2 Å². The second kappa shape index (κ2) is 8.57. The van der Waals surface area contributed by atoms with Crippen LogP contribution in [-0.4, -0.2) is 33.3 Å². The van der Waals surface area contributed by atoms with Gasteiger partial charge in [-0.3, -0.25) is 4.90 Å². The molecule has 0 saturated heterocycles. The number of para-hydroxylation sites is 1. The van der Waals surface area contributed by atoms with E-state index in [0.717, 1.165) is 48.7 Å². The van der Waals surface area contributed by atoms with Crippen molar-refractivity contribution in [2.45, 2.75) is 32.0 Å². The molecule has 2 aliphatic rings. The Labute approximate surface area is 210 Å². The van der Waals surface area contributed by atoms with Crippen molar-refractivity contribution in [2.24, 2.45) is 0 Å². The number of benzene rings is 3. The Bertz CT molecular complexity index is 1540. The third-order valence-corrected chi connectivity index (χ3v) is 7.65. The standard InChI is InChI=1S/C30H28N4O2/c1-35-29-17-24-21(15-30(29)36-19-20-7-9-22(10-8-20)34-13-4-12-31-34)11-14-33-18-27-25(16-28(24)33)23-5-2-3-6-26(23)32-27/h2-10,12-13,15,17,28,32H,11,14,16,18-19H2,1H3. The van der Waals surface area contributed by atoms with Crippen LogP contribution in [0.3, 0.4) is 0 Å².